The summed E-state index contributed by atoms with van der Waals surface area (Å²) in [6.07, 6.45) is 0. The van der Waals surface area contributed by atoms with Crippen molar-refractivity contribution in [2.75, 3.05) is 20.2 Å². The summed E-state index contributed by atoms with van der Waals surface area (Å²) in [4.78, 5) is 24.8. The maximum Gasteiger partial charge on any atom is 0.325 e. The lowest BCUT2D eigenvalue weighted by Crippen LogP contribution is -2.38. The van der Waals surface area contributed by atoms with Gasteiger partial charge in [-0.2, -0.15) is 5.26 Å². The maximum atomic E-state index is 12.3. The van der Waals surface area contributed by atoms with E-state index in [4.69, 9.17) is 0 Å². The topological polar surface area (TPSA) is 70.4 Å². The van der Waals surface area contributed by atoms with Crippen LogP contribution in [-0.2, 0) is 14.3 Å². The van der Waals surface area contributed by atoms with Gasteiger partial charge in [0.05, 0.1) is 13.2 Å². The van der Waals surface area contributed by atoms with Crippen LogP contribution in [0.1, 0.15) is 18.4 Å². The lowest BCUT2D eigenvalue weighted by atomic mass is 9.99. The number of amides is 1. The third-order valence-corrected chi connectivity index (χ3v) is 2.75. The molecule has 0 spiro atoms. The Kier molecular flexibility index (Phi) is 5.55. The smallest absolute Gasteiger partial charge is 0.325 e. The summed E-state index contributed by atoms with van der Waals surface area (Å²) in [6, 6.07) is 10.8. The SMILES string of the molecule is CCN(CC(=O)OC)C(=O)C(C#N)c1ccccc1. The van der Waals surface area contributed by atoms with E-state index in [0.717, 1.165) is 0 Å². The highest BCUT2D eigenvalue weighted by atomic mass is 16.5. The third kappa shape index (κ3) is 3.81. The number of esters is 1. The van der Waals surface area contributed by atoms with Gasteiger partial charge in [-0.1, -0.05) is 30.3 Å². The molecule has 5 nitrogen and oxygen atoms in total. The molecule has 1 unspecified atom stereocenters. The second-order valence-corrected chi connectivity index (χ2v) is 3.90. The molecule has 0 fully saturated rings. The van der Waals surface area contributed by atoms with Crippen LogP contribution >= 0.6 is 0 Å². The summed E-state index contributed by atoms with van der Waals surface area (Å²) >= 11 is 0. The van der Waals surface area contributed by atoms with Crippen molar-refractivity contribution in [3.63, 3.8) is 0 Å². The van der Waals surface area contributed by atoms with Crippen LogP contribution in [0.2, 0.25) is 0 Å². The fourth-order valence-electron chi connectivity index (χ4n) is 1.67. The first-order valence-electron chi connectivity index (χ1n) is 5.94. The molecule has 1 atom stereocenters. The molecular formula is C14H16N2O3. The van der Waals surface area contributed by atoms with E-state index in [2.05, 4.69) is 4.74 Å². The molecule has 0 aliphatic heterocycles. The number of rotatable bonds is 5. The lowest BCUT2D eigenvalue weighted by Gasteiger charge is -2.22. The highest BCUT2D eigenvalue weighted by molar-refractivity contribution is 5.89. The Morgan fingerprint density at radius 3 is 2.47 bits per heavy atom. The maximum absolute atomic E-state index is 12.3. The van der Waals surface area contributed by atoms with Crippen molar-refractivity contribution in [3.05, 3.63) is 35.9 Å². The van der Waals surface area contributed by atoms with E-state index in [1.54, 1.807) is 31.2 Å². The number of likely N-dealkylation sites (N-methyl/N-ethyl adjacent to an activating group) is 1. The molecule has 0 heterocycles. The van der Waals surface area contributed by atoms with Crippen LogP contribution in [0.5, 0.6) is 0 Å². The van der Waals surface area contributed by atoms with E-state index in [1.807, 2.05) is 12.1 Å². The molecule has 0 N–H and O–H groups in total. The minimum Gasteiger partial charge on any atom is -0.468 e. The molecule has 0 aliphatic rings. The van der Waals surface area contributed by atoms with Gasteiger partial charge >= 0.3 is 5.97 Å². The van der Waals surface area contributed by atoms with Gasteiger partial charge in [0.25, 0.3) is 0 Å². The highest BCUT2D eigenvalue weighted by Crippen LogP contribution is 2.17. The van der Waals surface area contributed by atoms with E-state index in [1.165, 1.54) is 12.0 Å². The van der Waals surface area contributed by atoms with Gasteiger partial charge in [-0.3, -0.25) is 9.59 Å². The largest absolute Gasteiger partial charge is 0.468 e. The normalized spacial score (nSPS) is 11.2. The van der Waals surface area contributed by atoms with E-state index >= 15 is 0 Å². The fourth-order valence-corrected chi connectivity index (χ4v) is 1.67. The van der Waals surface area contributed by atoms with Crippen LogP contribution in [-0.4, -0.2) is 37.0 Å². The molecule has 1 aromatic carbocycles. The predicted octanol–water partition coefficient (Wildman–Crippen LogP) is 1.32. The van der Waals surface area contributed by atoms with Gasteiger partial charge in [0.1, 0.15) is 12.5 Å². The van der Waals surface area contributed by atoms with Crippen molar-refractivity contribution in [1.82, 2.24) is 4.90 Å². The van der Waals surface area contributed by atoms with E-state index < -0.39 is 11.9 Å². The zero-order valence-electron chi connectivity index (χ0n) is 11.0. The molecule has 1 rings (SSSR count). The van der Waals surface area contributed by atoms with Gasteiger partial charge in [-0.15, -0.1) is 0 Å². The first-order valence-corrected chi connectivity index (χ1v) is 5.94. The Balaban J connectivity index is 2.89. The van der Waals surface area contributed by atoms with Crippen molar-refractivity contribution in [2.45, 2.75) is 12.8 Å². The molecule has 100 valence electrons. The first kappa shape index (κ1) is 14.7. The number of ether oxygens (including phenoxy) is 1. The Bertz CT molecular complexity index is 479. The van der Waals surface area contributed by atoms with Gasteiger partial charge in [0, 0.05) is 6.54 Å². The van der Waals surface area contributed by atoms with Crippen LogP contribution in [0.15, 0.2) is 30.3 Å². The van der Waals surface area contributed by atoms with Gasteiger partial charge in [-0.05, 0) is 12.5 Å². The van der Waals surface area contributed by atoms with Gasteiger partial charge < -0.3 is 9.64 Å². The number of carbonyl (C=O) groups is 2. The fraction of sp³-hybridized carbons (Fsp3) is 0.357. The molecule has 1 aromatic rings. The highest BCUT2D eigenvalue weighted by Gasteiger charge is 2.26. The Morgan fingerprint density at radius 1 is 1.37 bits per heavy atom. The van der Waals surface area contributed by atoms with E-state index in [-0.39, 0.29) is 12.5 Å². The van der Waals surface area contributed by atoms with E-state index in [9.17, 15) is 14.9 Å². The number of hydrogen-bond acceptors (Lipinski definition) is 4. The molecule has 19 heavy (non-hydrogen) atoms. The molecule has 0 aliphatic carbocycles. The van der Waals surface area contributed by atoms with Gasteiger partial charge in [0.15, 0.2) is 0 Å². The molecule has 5 heteroatoms. The van der Waals surface area contributed by atoms with Crippen molar-refractivity contribution >= 4 is 11.9 Å². The molecule has 0 saturated heterocycles. The Hall–Kier alpha value is -2.35. The first-order chi connectivity index (χ1) is 9.13. The van der Waals surface area contributed by atoms with Crippen LogP contribution in [0.4, 0.5) is 0 Å². The second kappa shape index (κ2) is 7.17. The number of hydrogen-bond donors (Lipinski definition) is 0. The second-order valence-electron chi connectivity index (χ2n) is 3.90. The zero-order chi connectivity index (χ0) is 14.3. The number of methoxy groups -OCH3 is 1. The summed E-state index contributed by atoms with van der Waals surface area (Å²) in [6.45, 7) is 1.95. The summed E-state index contributed by atoms with van der Waals surface area (Å²) in [5.74, 6) is -1.78. The summed E-state index contributed by atoms with van der Waals surface area (Å²) < 4.78 is 4.54. The van der Waals surface area contributed by atoms with E-state index in [0.29, 0.717) is 12.1 Å². The monoisotopic (exact) mass is 260 g/mol. The van der Waals surface area contributed by atoms with Crippen molar-refractivity contribution in [3.8, 4) is 6.07 Å². The number of nitrogens with zero attached hydrogens (tertiary/aromatic N) is 2. The molecule has 0 aromatic heterocycles. The Morgan fingerprint density at radius 2 is 2.00 bits per heavy atom. The predicted molar refractivity (Wildman–Crippen MR) is 69.1 cm³/mol. The third-order valence-electron chi connectivity index (χ3n) is 2.75. The van der Waals surface area contributed by atoms with Crippen molar-refractivity contribution in [1.29, 1.82) is 5.26 Å². The van der Waals surface area contributed by atoms with Crippen molar-refractivity contribution < 1.29 is 14.3 Å². The molecule has 0 bridgehead atoms. The average Bonchev–Trinajstić information content (AvgIpc) is 2.46. The van der Waals surface area contributed by atoms with Crippen LogP contribution in [0, 0.1) is 11.3 Å². The van der Waals surface area contributed by atoms with Crippen LogP contribution in [0.3, 0.4) is 0 Å². The zero-order valence-corrected chi connectivity index (χ0v) is 11.0. The lowest BCUT2D eigenvalue weighted by molar-refractivity contribution is -0.147. The van der Waals surface area contributed by atoms with Crippen molar-refractivity contribution in [2.24, 2.45) is 0 Å². The minimum absolute atomic E-state index is 0.142. The minimum atomic E-state index is -0.897. The summed E-state index contributed by atoms with van der Waals surface area (Å²) in [5, 5.41) is 9.17. The standard InChI is InChI=1S/C14H16N2O3/c1-3-16(10-13(17)19-2)14(18)12(9-15)11-7-5-4-6-8-11/h4-8,12H,3,10H2,1-2H3. The quantitative estimate of drug-likeness (QED) is 0.748. The molecule has 0 radical (unpaired) electrons. The van der Waals surface area contributed by atoms with Gasteiger partial charge in [0.2, 0.25) is 5.91 Å². The molecule has 1 amide bonds. The Labute approximate surface area is 112 Å². The summed E-state index contributed by atoms with van der Waals surface area (Å²) in [5.41, 5.74) is 0.623. The molecule has 0 saturated carbocycles. The number of carbonyl (C=O) groups excluding carboxylic acids is 2. The van der Waals surface area contributed by atoms with Crippen LogP contribution < -0.4 is 0 Å². The number of benzene rings is 1. The van der Waals surface area contributed by atoms with Gasteiger partial charge in [-0.25, -0.2) is 0 Å². The summed E-state index contributed by atoms with van der Waals surface area (Å²) in [7, 11) is 1.26. The number of nitriles is 1. The van der Waals surface area contributed by atoms with Crippen LogP contribution in [0.25, 0.3) is 0 Å². The average molecular weight is 260 g/mol. The molecular weight excluding hydrogens is 244 g/mol.